The third kappa shape index (κ3) is 3.94. The number of nitrogens with zero attached hydrogens (tertiary/aromatic N) is 1. The summed E-state index contributed by atoms with van der Waals surface area (Å²) in [4.78, 5) is 0.314. The van der Waals surface area contributed by atoms with Crippen molar-refractivity contribution in [1.82, 2.24) is 4.31 Å². The molecule has 2 aliphatic heterocycles. The average Bonchev–Trinajstić information content (AvgIpc) is 3.30. The number of sulfonamides is 1. The fourth-order valence-corrected chi connectivity index (χ4v) is 7.21. The van der Waals surface area contributed by atoms with Crippen LogP contribution < -0.4 is 5.32 Å². The number of aliphatic hydroxyl groups excluding tert-OH is 1. The molecule has 2 N–H and O–H groups in total. The summed E-state index contributed by atoms with van der Waals surface area (Å²) in [5, 5.41) is 13.4. The lowest BCUT2D eigenvalue weighted by Gasteiger charge is -2.38. The highest BCUT2D eigenvalue weighted by molar-refractivity contribution is 7.89. The second-order valence-electron chi connectivity index (χ2n) is 9.17. The lowest BCUT2D eigenvalue weighted by atomic mass is 9.83. The van der Waals surface area contributed by atoms with Crippen LogP contribution in [0.5, 0.6) is 0 Å². The van der Waals surface area contributed by atoms with Crippen LogP contribution in [0.3, 0.4) is 0 Å². The van der Waals surface area contributed by atoms with Crippen molar-refractivity contribution in [2.45, 2.75) is 55.5 Å². The van der Waals surface area contributed by atoms with E-state index in [1.807, 2.05) is 18.2 Å². The summed E-state index contributed by atoms with van der Waals surface area (Å²) >= 11 is 0. The first-order valence-corrected chi connectivity index (χ1v) is 13.1. The molecule has 0 unspecified atom stereocenters. The zero-order valence-corrected chi connectivity index (χ0v) is 19.0. The first-order chi connectivity index (χ1) is 15.6. The van der Waals surface area contributed by atoms with E-state index in [0.29, 0.717) is 23.8 Å². The van der Waals surface area contributed by atoms with Gasteiger partial charge < -0.3 is 10.4 Å². The molecule has 32 heavy (non-hydrogen) atoms. The molecular weight excluding hydrogens is 420 g/mol. The maximum absolute atomic E-state index is 13.5. The van der Waals surface area contributed by atoms with E-state index in [4.69, 9.17) is 0 Å². The Morgan fingerprint density at radius 3 is 2.56 bits per heavy atom. The molecule has 2 aromatic rings. The van der Waals surface area contributed by atoms with Gasteiger partial charge >= 0.3 is 0 Å². The Labute approximate surface area is 190 Å². The molecule has 2 aromatic carbocycles. The second-order valence-corrected chi connectivity index (χ2v) is 11.1. The molecule has 2 heterocycles. The van der Waals surface area contributed by atoms with Crippen molar-refractivity contribution in [3.63, 3.8) is 0 Å². The molecule has 1 saturated carbocycles. The van der Waals surface area contributed by atoms with Crippen LogP contribution in [-0.2, 0) is 10.0 Å². The first-order valence-electron chi connectivity index (χ1n) is 11.7. The van der Waals surface area contributed by atoms with Gasteiger partial charge in [0.25, 0.3) is 0 Å². The number of fused-ring (bicyclic) bond motifs is 3. The van der Waals surface area contributed by atoms with E-state index in [2.05, 4.69) is 23.2 Å². The monoisotopic (exact) mass is 450 g/mol. The van der Waals surface area contributed by atoms with Crippen molar-refractivity contribution in [1.29, 1.82) is 0 Å². The Hall–Kier alpha value is -2.33. The molecule has 3 aliphatic rings. The van der Waals surface area contributed by atoms with Crippen LogP contribution in [0, 0.1) is 23.7 Å². The van der Waals surface area contributed by atoms with Gasteiger partial charge in [-0.2, -0.15) is 4.31 Å². The van der Waals surface area contributed by atoms with Gasteiger partial charge in [-0.1, -0.05) is 49.3 Å². The Balaban J connectivity index is 1.52. The van der Waals surface area contributed by atoms with E-state index < -0.39 is 10.0 Å². The van der Waals surface area contributed by atoms with E-state index in [1.165, 1.54) is 32.1 Å². The quantitative estimate of drug-likeness (QED) is 0.689. The van der Waals surface area contributed by atoms with Gasteiger partial charge in [-0.05, 0) is 55.2 Å². The van der Waals surface area contributed by atoms with Crippen LogP contribution in [0.25, 0.3) is 0 Å². The molecule has 1 saturated heterocycles. The average molecular weight is 451 g/mol. The second kappa shape index (κ2) is 8.90. The third-order valence-corrected chi connectivity index (χ3v) is 9.09. The highest BCUT2D eigenvalue weighted by Gasteiger charge is 2.48. The van der Waals surface area contributed by atoms with Crippen molar-refractivity contribution in [2.24, 2.45) is 11.8 Å². The van der Waals surface area contributed by atoms with Crippen molar-refractivity contribution < 1.29 is 13.5 Å². The van der Waals surface area contributed by atoms with Crippen molar-refractivity contribution in [3.8, 4) is 11.8 Å². The summed E-state index contributed by atoms with van der Waals surface area (Å²) in [5.74, 6) is 7.29. The topological polar surface area (TPSA) is 69.6 Å². The molecular formula is C26H30N2O3S. The van der Waals surface area contributed by atoms with Crippen molar-refractivity contribution >= 4 is 15.7 Å². The zero-order chi connectivity index (χ0) is 22.1. The smallest absolute Gasteiger partial charge is 0.243 e. The summed E-state index contributed by atoms with van der Waals surface area (Å²) < 4.78 is 28.7. The van der Waals surface area contributed by atoms with Crippen molar-refractivity contribution in [2.75, 3.05) is 18.5 Å². The number of anilines is 1. The van der Waals surface area contributed by atoms with Gasteiger partial charge in [0.05, 0.1) is 23.6 Å². The zero-order valence-electron chi connectivity index (χ0n) is 18.2. The molecule has 2 fully saturated rings. The van der Waals surface area contributed by atoms with Gasteiger partial charge in [-0.3, -0.25) is 0 Å². The summed E-state index contributed by atoms with van der Waals surface area (Å²) in [6.45, 7) is 0.422. The molecule has 0 radical (unpaired) electrons. The number of nitrogens with one attached hydrogen (secondary N) is 1. The van der Waals surface area contributed by atoms with Gasteiger partial charge in [0.1, 0.15) is 0 Å². The molecule has 0 spiro atoms. The van der Waals surface area contributed by atoms with Crippen LogP contribution in [-0.4, -0.2) is 37.0 Å². The molecule has 3 atom stereocenters. The van der Waals surface area contributed by atoms with E-state index in [9.17, 15) is 13.5 Å². The highest BCUT2D eigenvalue weighted by atomic mass is 32.2. The van der Waals surface area contributed by atoms with E-state index in [1.54, 1.807) is 28.6 Å². The number of hydrogen-bond donors (Lipinski definition) is 2. The van der Waals surface area contributed by atoms with Gasteiger partial charge in [0.15, 0.2) is 0 Å². The molecule has 0 aromatic heterocycles. The molecule has 168 valence electrons. The normalized spacial score (nSPS) is 25.8. The Morgan fingerprint density at radius 2 is 1.81 bits per heavy atom. The van der Waals surface area contributed by atoms with E-state index >= 15 is 0 Å². The summed E-state index contributed by atoms with van der Waals surface area (Å²) in [5.41, 5.74) is 2.79. The maximum Gasteiger partial charge on any atom is 0.243 e. The number of rotatable bonds is 3. The predicted molar refractivity (Wildman–Crippen MR) is 126 cm³/mol. The van der Waals surface area contributed by atoms with Crippen LogP contribution in [0.15, 0.2) is 53.4 Å². The van der Waals surface area contributed by atoms with Gasteiger partial charge in [-0.15, -0.1) is 0 Å². The van der Waals surface area contributed by atoms with Gasteiger partial charge in [0.2, 0.25) is 10.0 Å². The molecule has 0 amide bonds. The summed E-state index contributed by atoms with van der Waals surface area (Å²) in [7, 11) is -3.64. The minimum atomic E-state index is -3.64. The van der Waals surface area contributed by atoms with Crippen LogP contribution >= 0.6 is 0 Å². The fraction of sp³-hybridized carbons (Fsp3) is 0.462. The lowest BCUT2D eigenvalue weighted by molar-refractivity contribution is 0.210. The molecule has 5 rings (SSSR count). The van der Waals surface area contributed by atoms with E-state index in [0.717, 1.165) is 16.8 Å². The predicted octanol–water partition coefficient (Wildman–Crippen LogP) is 4.16. The standard InChI is InChI=1S/C26H30N2O3S/c29-18-25-22-15-16-28(32(30,31)21-9-5-2-6-10-21)26(22)23-17-20(13-14-24(23)27-25)12-11-19-7-3-1-4-8-19/h2,5-6,9-10,13-14,17,19,22,25-27,29H,1,3-4,7-8,15-16,18H2/t22-,25+,26-/m0/s1. The molecule has 1 aliphatic carbocycles. The minimum Gasteiger partial charge on any atom is -0.394 e. The van der Waals surface area contributed by atoms with Gasteiger partial charge in [0, 0.05) is 29.6 Å². The number of benzene rings is 2. The van der Waals surface area contributed by atoms with Crippen LogP contribution in [0.2, 0.25) is 0 Å². The third-order valence-electron chi connectivity index (χ3n) is 7.20. The Bertz CT molecular complexity index is 1130. The van der Waals surface area contributed by atoms with E-state index in [-0.39, 0.29) is 24.6 Å². The Morgan fingerprint density at radius 1 is 1.03 bits per heavy atom. The van der Waals surface area contributed by atoms with Crippen molar-refractivity contribution in [3.05, 3.63) is 59.7 Å². The molecule has 5 nitrogen and oxygen atoms in total. The lowest BCUT2D eigenvalue weighted by Crippen LogP contribution is -2.42. The van der Waals surface area contributed by atoms with Gasteiger partial charge in [-0.25, -0.2) is 8.42 Å². The van der Waals surface area contributed by atoms with Crippen LogP contribution in [0.4, 0.5) is 5.69 Å². The number of aliphatic hydroxyl groups is 1. The fourth-order valence-electron chi connectivity index (χ4n) is 5.53. The highest BCUT2D eigenvalue weighted by Crippen LogP contribution is 2.48. The minimum absolute atomic E-state index is 0.0209. The Kier molecular flexibility index (Phi) is 5.98. The molecule has 0 bridgehead atoms. The first kappa shape index (κ1) is 21.5. The largest absolute Gasteiger partial charge is 0.394 e. The summed E-state index contributed by atoms with van der Waals surface area (Å²) in [6.07, 6.45) is 6.88. The molecule has 6 heteroatoms. The van der Waals surface area contributed by atoms with Crippen LogP contribution in [0.1, 0.15) is 55.7 Å². The maximum atomic E-state index is 13.5. The summed E-state index contributed by atoms with van der Waals surface area (Å²) in [6, 6.07) is 14.2. The SMILES string of the molecule is O=S(=O)(c1ccccc1)N1CC[C@@H]2[C@H]1c1cc(C#CC3CCCCC3)ccc1N[C@@H]2CO. The number of hydrogen-bond acceptors (Lipinski definition) is 4.